The van der Waals surface area contributed by atoms with Gasteiger partial charge in [0.1, 0.15) is 0 Å². The summed E-state index contributed by atoms with van der Waals surface area (Å²) in [7, 11) is 0. The molecule has 3 heteroatoms. The maximum Gasteiger partial charge on any atom is 0.0505 e. The predicted molar refractivity (Wildman–Crippen MR) is 87.5 cm³/mol. The zero-order valence-electron chi connectivity index (χ0n) is 14.6. The molecule has 21 heavy (non-hydrogen) atoms. The number of hydrogen-bond donors (Lipinski definition) is 1. The topological polar surface area (TPSA) is 32.7 Å². The molecule has 0 radical (unpaired) electrons. The lowest BCUT2D eigenvalue weighted by Gasteiger charge is -2.43. The van der Waals surface area contributed by atoms with Crippen LogP contribution in [0.25, 0.3) is 0 Å². The molecule has 2 fully saturated rings. The molecule has 0 aromatic rings. The van der Waals surface area contributed by atoms with E-state index < -0.39 is 0 Å². The highest BCUT2D eigenvalue weighted by Gasteiger charge is 2.58. The number of hydrogen-bond acceptors (Lipinski definition) is 3. The van der Waals surface area contributed by atoms with E-state index in [2.05, 4.69) is 32.6 Å². The fraction of sp³-hybridized carbons (Fsp3) is 1.00. The van der Waals surface area contributed by atoms with E-state index in [9.17, 15) is 5.11 Å². The Morgan fingerprint density at radius 2 is 1.67 bits per heavy atom. The summed E-state index contributed by atoms with van der Waals surface area (Å²) >= 11 is 0. The molecule has 2 atom stereocenters. The van der Waals surface area contributed by atoms with Gasteiger partial charge < -0.3 is 9.84 Å². The van der Waals surface area contributed by atoms with E-state index in [1.54, 1.807) is 0 Å². The lowest BCUT2D eigenvalue weighted by Crippen LogP contribution is -2.44. The Morgan fingerprint density at radius 3 is 2.24 bits per heavy atom. The van der Waals surface area contributed by atoms with Gasteiger partial charge >= 0.3 is 0 Å². The summed E-state index contributed by atoms with van der Waals surface area (Å²) < 4.78 is 5.69. The lowest BCUT2D eigenvalue weighted by molar-refractivity contribution is -0.00924. The summed E-state index contributed by atoms with van der Waals surface area (Å²) in [5, 5.41) is 10.3. The summed E-state index contributed by atoms with van der Waals surface area (Å²) in [4.78, 5) is 2.61. The second-order valence-electron chi connectivity index (χ2n) is 8.25. The minimum atomic E-state index is 0.0912. The van der Waals surface area contributed by atoms with Gasteiger partial charge in [0.05, 0.1) is 6.61 Å². The van der Waals surface area contributed by atoms with Gasteiger partial charge in [-0.3, -0.25) is 4.90 Å². The number of aliphatic hydroxyl groups excluding tert-OH is 1. The molecule has 0 bridgehead atoms. The maximum absolute atomic E-state index is 10.3. The quantitative estimate of drug-likeness (QED) is 0.789. The predicted octanol–water partition coefficient (Wildman–Crippen LogP) is 3.46. The second kappa shape index (κ2) is 6.55. The first-order chi connectivity index (χ1) is 9.89. The van der Waals surface area contributed by atoms with Gasteiger partial charge in [-0.1, -0.05) is 19.3 Å². The van der Waals surface area contributed by atoms with Gasteiger partial charge in [-0.25, -0.2) is 0 Å². The van der Waals surface area contributed by atoms with Crippen molar-refractivity contribution in [1.29, 1.82) is 0 Å². The van der Waals surface area contributed by atoms with Crippen LogP contribution in [0.4, 0.5) is 0 Å². The maximum atomic E-state index is 10.3. The largest absolute Gasteiger partial charge is 0.396 e. The molecule has 1 aliphatic heterocycles. The van der Waals surface area contributed by atoms with Crippen LogP contribution in [0.1, 0.15) is 66.2 Å². The van der Waals surface area contributed by atoms with Crippen LogP contribution in [-0.4, -0.2) is 48.5 Å². The number of fused-ring (bicyclic) bond motifs is 1. The third kappa shape index (κ3) is 3.30. The molecular weight excluding hydrogens is 262 g/mol. The molecule has 1 aliphatic carbocycles. The Balaban J connectivity index is 2.27. The average Bonchev–Trinajstić information content (AvgIpc) is 2.65. The Morgan fingerprint density at radius 1 is 1.05 bits per heavy atom. The van der Waals surface area contributed by atoms with Gasteiger partial charge in [0.2, 0.25) is 0 Å². The third-order valence-electron chi connectivity index (χ3n) is 6.10. The zero-order valence-corrected chi connectivity index (χ0v) is 14.6. The van der Waals surface area contributed by atoms with Gasteiger partial charge in [0.15, 0.2) is 0 Å². The number of rotatable bonds is 5. The van der Waals surface area contributed by atoms with Gasteiger partial charge in [-0.2, -0.15) is 0 Å². The molecule has 1 saturated carbocycles. The number of likely N-dealkylation sites (tertiary alicyclic amines) is 1. The Bertz CT molecular complexity index is 339. The van der Waals surface area contributed by atoms with Crippen molar-refractivity contribution in [3.8, 4) is 0 Å². The van der Waals surface area contributed by atoms with Gasteiger partial charge in [-0.15, -0.1) is 0 Å². The molecule has 0 aromatic heterocycles. The van der Waals surface area contributed by atoms with Crippen molar-refractivity contribution >= 4 is 0 Å². The van der Waals surface area contributed by atoms with Crippen molar-refractivity contribution in [1.82, 2.24) is 4.90 Å². The molecule has 1 heterocycles. The van der Waals surface area contributed by atoms with Crippen LogP contribution in [0, 0.1) is 10.8 Å². The molecule has 1 saturated heterocycles. The highest BCUT2D eigenvalue weighted by atomic mass is 16.5. The summed E-state index contributed by atoms with van der Waals surface area (Å²) in [5.74, 6) is 0. The number of nitrogens with zero attached hydrogens (tertiary/aromatic N) is 1. The normalized spacial score (nSPS) is 34.7. The average molecular weight is 297 g/mol. The smallest absolute Gasteiger partial charge is 0.0505 e. The molecule has 1 N–H and O–H groups in total. The summed E-state index contributed by atoms with van der Waals surface area (Å²) in [6, 6.07) is 0. The van der Waals surface area contributed by atoms with Crippen molar-refractivity contribution < 1.29 is 9.84 Å². The fourth-order valence-electron chi connectivity index (χ4n) is 4.57. The lowest BCUT2D eigenvalue weighted by atomic mass is 9.61. The number of aliphatic hydroxyl groups is 1. The zero-order chi connectivity index (χ0) is 15.6. The van der Waals surface area contributed by atoms with E-state index in [1.165, 1.54) is 32.1 Å². The van der Waals surface area contributed by atoms with Gasteiger partial charge in [0.25, 0.3) is 0 Å². The van der Waals surface area contributed by atoms with Crippen molar-refractivity contribution in [2.24, 2.45) is 10.8 Å². The molecule has 2 aliphatic rings. The molecule has 0 spiro atoms. The first-order valence-corrected chi connectivity index (χ1v) is 8.83. The van der Waals surface area contributed by atoms with Crippen LogP contribution in [0.3, 0.4) is 0 Å². The monoisotopic (exact) mass is 297 g/mol. The van der Waals surface area contributed by atoms with E-state index in [4.69, 9.17) is 4.74 Å². The standard InChI is InChI=1S/C18H35NO2/c1-5-21-12-11-17-9-7-6-8-10-18(17,15-20)14-19(13-17)16(2,3)4/h20H,5-15H2,1-4H3. The van der Waals surface area contributed by atoms with E-state index >= 15 is 0 Å². The molecular formula is C18H35NO2. The van der Waals surface area contributed by atoms with Crippen LogP contribution in [-0.2, 0) is 4.74 Å². The Kier molecular flexibility index (Phi) is 5.38. The van der Waals surface area contributed by atoms with E-state index in [-0.39, 0.29) is 16.4 Å². The molecule has 124 valence electrons. The van der Waals surface area contributed by atoms with Crippen molar-refractivity contribution in [3.05, 3.63) is 0 Å². The third-order valence-corrected chi connectivity index (χ3v) is 6.10. The molecule has 3 nitrogen and oxygen atoms in total. The minimum absolute atomic E-state index is 0.0912. The molecule has 2 rings (SSSR count). The van der Waals surface area contributed by atoms with Crippen molar-refractivity contribution in [3.63, 3.8) is 0 Å². The van der Waals surface area contributed by atoms with E-state index in [1.807, 2.05) is 0 Å². The fourth-order valence-corrected chi connectivity index (χ4v) is 4.57. The van der Waals surface area contributed by atoms with Gasteiger partial charge in [0, 0.05) is 37.3 Å². The number of ether oxygens (including phenoxy) is 1. The van der Waals surface area contributed by atoms with Crippen LogP contribution in [0.5, 0.6) is 0 Å². The van der Waals surface area contributed by atoms with E-state index in [0.29, 0.717) is 6.61 Å². The Hall–Kier alpha value is -0.120. The SMILES string of the molecule is CCOCCC12CCCCCC1(CO)CN(C(C)(C)C)C2. The molecule has 2 unspecified atom stereocenters. The summed E-state index contributed by atoms with van der Waals surface area (Å²) in [6.07, 6.45) is 7.46. The second-order valence-corrected chi connectivity index (χ2v) is 8.25. The molecule has 0 aromatic carbocycles. The first-order valence-electron chi connectivity index (χ1n) is 8.83. The van der Waals surface area contributed by atoms with Crippen molar-refractivity contribution in [2.45, 2.75) is 71.8 Å². The Labute approximate surface area is 131 Å². The van der Waals surface area contributed by atoms with Gasteiger partial charge in [-0.05, 0) is 52.4 Å². The van der Waals surface area contributed by atoms with Crippen LogP contribution >= 0.6 is 0 Å². The van der Waals surface area contributed by atoms with Crippen LogP contribution < -0.4 is 0 Å². The molecule has 0 amide bonds. The highest BCUT2D eigenvalue weighted by Crippen LogP contribution is 2.57. The first kappa shape index (κ1) is 17.2. The minimum Gasteiger partial charge on any atom is -0.396 e. The van der Waals surface area contributed by atoms with Crippen LogP contribution in [0.15, 0.2) is 0 Å². The summed E-state index contributed by atoms with van der Waals surface area (Å²) in [5.41, 5.74) is 0.529. The van der Waals surface area contributed by atoms with E-state index in [0.717, 1.165) is 32.7 Å². The van der Waals surface area contributed by atoms with Crippen LogP contribution in [0.2, 0.25) is 0 Å². The highest BCUT2D eigenvalue weighted by molar-refractivity contribution is 5.09. The van der Waals surface area contributed by atoms with Crippen molar-refractivity contribution in [2.75, 3.05) is 32.9 Å². The summed E-state index contributed by atoms with van der Waals surface area (Å²) in [6.45, 7) is 13.1.